The molecule has 2 aromatic rings. The van der Waals surface area contributed by atoms with E-state index in [1.807, 2.05) is 36.5 Å². The van der Waals surface area contributed by atoms with Crippen LogP contribution in [0.25, 0.3) is 0 Å². The van der Waals surface area contributed by atoms with Crippen molar-refractivity contribution in [2.45, 2.75) is 78.6 Å². The van der Waals surface area contributed by atoms with Gasteiger partial charge in [0.2, 0.25) is 0 Å². The maximum atomic E-state index is 4.94. The molecule has 0 aliphatic heterocycles. The first-order valence-corrected chi connectivity index (χ1v) is 11.0. The van der Waals surface area contributed by atoms with Crippen LogP contribution in [0.1, 0.15) is 76.8 Å². The van der Waals surface area contributed by atoms with Gasteiger partial charge in [0, 0.05) is 26.6 Å². The molecular weight excluding hydrogens is 447 g/mol. The molecule has 0 bridgehead atoms. The van der Waals surface area contributed by atoms with Crippen molar-refractivity contribution >= 4 is 23.3 Å². The fourth-order valence-electron chi connectivity index (χ4n) is 3.28. The van der Waals surface area contributed by atoms with Crippen LogP contribution in [0.2, 0.25) is 0 Å². The average molecular weight is 483 g/mol. The molecule has 0 heterocycles. The van der Waals surface area contributed by atoms with Crippen molar-refractivity contribution in [1.29, 1.82) is 0 Å². The Morgan fingerprint density at radius 2 is 1.34 bits per heavy atom. The Balaban J connectivity index is 0.00000420. The molecule has 0 aliphatic carbocycles. The molecule has 0 aliphatic rings. The monoisotopic (exact) mass is 482 g/mol. The van der Waals surface area contributed by atoms with Crippen LogP contribution in [0.15, 0.2) is 58.5 Å². The first kappa shape index (κ1) is 25.5. The fraction of sp³-hybridized carbons (Fsp3) is 0.462. The van der Waals surface area contributed by atoms with E-state index in [-0.39, 0.29) is 20.4 Å². The van der Waals surface area contributed by atoms with E-state index in [4.69, 9.17) is 4.99 Å². The molecule has 0 aromatic heterocycles. The molecule has 0 saturated heterocycles. The van der Waals surface area contributed by atoms with E-state index in [1.165, 1.54) is 49.7 Å². The third-order valence-electron chi connectivity index (χ3n) is 4.93. The van der Waals surface area contributed by atoms with Gasteiger partial charge < -0.3 is 0 Å². The Morgan fingerprint density at radius 3 is 1.86 bits per heavy atom. The van der Waals surface area contributed by atoms with Crippen molar-refractivity contribution in [3.8, 4) is 0 Å². The summed E-state index contributed by atoms with van der Waals surface area (Å²) in [6, 6.07) is 17.0. The molecule has 0 radical (unpaired) electrons. The van der Waals surface area contributed by atoms with Gasteiger partial charge in [-0.2, -0.15) is 0 Å². The van der Waals surface area contributed by atoms with E-state index in [1.54, 1.807) is 0 Å². The number of benzene rings is 2. The molecule has 0 saturated carbocycles. The number of hydrogen-bond acceptors (Lipinski definition) is 2. The minimum absolute atomic E-state index is 0. The van der Waals surface area contributed by atoms with Crippen molar-refractivity contribution in [2.75, 3.05) is 0 Å². The smallest absolute Gasteiger partial charge is 0.0639 e. The molecule has 0 atom stereocenters. The summed E-state index contributed by atoms with van der Waals surface area (Å²) in [6.45, 7) is 6.66. The minimum Gasteiger partial charge on any atom is -0.255 e. The fourth-order valence-corrected chi connectivity index (χ4v) is 3.28. The summed E-state index contributed by atoms with van der Waals surface area (Å²) in [5.41, 5.74) is 5.93. The summed E-state index contributed by atoms with van der Waals surface area (Å²) < 4.78 is 0. The normalized spacial score (nSPS) is 11.6. The maximum Gasteiger partial charge on any atom is 0.0639 e. The van der Waals surface area contributed by atoms with Crippen molar-refractivity contribution in [3.63, 3.8) is 0 Å². The maximum absolute atomic E-state index is 4.94. The second-order valence-electron chi connectivity index (χ2n) is 7.47. The van der Waals surface area contributed by atoms with Gasteiger partial charge in [-0.15, -0.1) is 0 Å². The van der Waals surface area contributed by atoms with Crippen LogP contribution in [-0.4, -0.2) is 11.9 Å². The molecule has 2 nitrogen and oxygen atoms in total. The predicted molar refractivity (Wildman–Crippen MR) is 125 cm³/mol. The minimum atomic E-state index is 0. The van der Waals surface area contributed by atoms with E-state index < -0.39 is 0 Å². The third kappa shape index (κ3) is 10.2. The zero-order valence-electron chi connectivity index (χ0n) is 18.3. The zero-order valence-corrected chi connectivity index (χ0v) is 19.8. The second-order valence-corrected chi connectivity index (χ2v) is 7.47. The van der Waals surface area contributed by atoms with Gasteiger partial charge in [0.15, 0.2) is 0 Å². The molecule has 0 amide bonds. The molecule has 2 aromatic carbocycles. The summed E-state index contributed by atoms with van der Waals surface area (Å²) in [5.74, 6) is 0. The summed E-state index contributed by atoms with van der Waals surface area (Å²) >= 11 is 0. The average Bonchev–Trinajstić information content (AvgIpc) is 2.72. The Hall–Kier alpha value is -1.56. The van der Waals surface area contributed by atoms with E-state index in [2.05, 4.69) is 44.0 Å². The SMILES string of the molecule is CCCCCc1cc(CCCCC)cc(/N=C(/C=N/c2ccccc2)CC)c1.[Pd]. The molecule has 0 spiro atoms. The summed E-state index contributed by atoms with van der Waals surface area (Å²) in [6.07, 6.45) is 12.7. The number of hydrogen-bond donors (Lipinski definition) is 0. The molecule has 0 unspecified atom stereocenters. The molecule has 2 rings (SSSR count). The summed E-state index contributed by atoms with van der Waals surface area (Å²) in [5, 5.41) is 0. The van der Waals surface area contributed by atoms with Gasteiger partial charge in [-0.3, -0.25) is 9.98 Å². The van der Waals surface area contributed by atoms with Crippen molar-refractivity contribution < 1.29 is 20.4 Å². The van der Waals surface area contributed by atoms with Crippen molar-refractivity contribution in [2.24, 2.45) is 9.98 Å². The van der Waals surface area contributed by atoms with Gasteiger partial charge in [-0.05, 0) is 67.5 Å². The standard InChI is InChI=1S/C26H36N2.Pd/c1-4-7-10-14-22-18-23(15-11-8-5-2)20-26(19-22)28-24(6-3)21-27-25-16-12-9-13-17-25;/h9,12-13,16-21H,4-8,10-11,14-15H2,1-3H3;/b27-21+,28-24+;. The molecule has 3 heteroatoms. The van der Waals surface area contributed by atoms with Gasteiger partial charge >= 0.3 is 0 Å². The first-order valence-electron chi connectivity index (χ1n) is 11.0. The molecule has 160 valence electrons. The van der Waals surface area contributed by atoms with Gasteiger partial charge in [-0.25, -0.2) is 0 Å². The Labute approximate surface area is 191 Å². The Bertz CT molecular complexity index is 722. The van der Waals surface area contributed by atoms with E-state index in [0.29, 0.717) is 0 Å². The summed E-state index contributed by atoms with van der Waals surface area (Å²) in [7, 11) is 0. The number of rotatable bonds is 12. The Kier molecular flexibility index (Phi) is 13.4. The topological polar surface area (TPSA) is 24.7 Å². The van der Waals surface area contributed by atoms with E-state index in [9.17, 15) is 0 Å². The van der Waals surface area contributed by atoms with Crippen LogP contribution < -0.4 is 0 Å². The first-order chi connectivity index (χ1) is 13.7. The van der Waals surface area contributed by atoms with Crippen LogP contribution in [0.3, 0.4) is 0 Å². The van der Waals surface area contributed by atoms with Gasteiger partial charge in [0.25, 0.3) is 0 Å². The van der Waals surface area contributed by atoms with Gasteiger partial charge in [0.05, 0.1) is 17.1 Å². The number of para-hydroxylation sites is 1. The number of nitrogens with zero attached hydrogens (tertiary/aromatic N) is 2. The molecule has 0 N–H and O–H groups in total. The summed E-state index contributed by atoms with van der Waals surface area (Å²) in [4.78, 5) is 9.52. The molecule has 29 heavy (non-hydrogen) atoms. The third-order valence-corrected chi connectivity index (χ3v) is 4.93. The number of aryl methyl sites for hydroxylation is 2. The van der Waals surface area contributed by atoms with Gasteiger partial charge in [-0.1, -0.05) is 70.7 Å². The largest absolute Gasteiger partial charge is 0.255 e. The Morgan fingerprint density at radius 1 is 0.759 bits per heavy atom. The van der Waals surface area contributed by atoms with Crippen LogP contribution in [0.4, 0.5) is 11.4 Å². The van der Waals surface area contributed by atoms with E-state index in [0.717, 1.165) is 36.3 Å². The zero-order chi connectivity index (χ0) is 20.0. The van der Waals surface area contributed by atoms with Crippen molar-refractivity contribution in [3.05, 3.63) is 59.7 Å². The number of unbranched alkanes of at least 4 members (excludes halogenated alkanes) is 4. The van der Waals surface area contributed by atoms with Crippen LogP contribution >= 0.6 is 0 Å². The molecular formula is C26H36N2Pd. The van der Waals surface area contributed by atoms with E-state index >= 15 is 0 Å². The molecule has 0 fully saturated rings. The van der Waals surface area contributed by atoms with Crippen LogP contribution in [0, 0.1) is 0 Å². The quantitative estimate of drug-likeness (QED) is 0.166. The van der Waals surface area contributed by atoms with Gasteiger partial charge in [0.1, 0.15) is 0 Å². The van der Waals surface area contributed by atoms with Crippen LogP contribution in [0.5, 0.6) is 0 Å². The predicted octanol–water partition coefficient (Wildman–Crippen LogP) is 8.03. The van der Waals surface area contributed by atoms with Crippen LogP contribution in [-0.2, 0) is 33.3 Å². The van der Waals surface area contributed by atoms with Crippen molar-refractivity contribution in [1.82, 2.24) is 0 Å². The second kappa shape index (κ2) is 15.3. The number of aliphatic imine (C=N–C) groups is 2.